The second-order valence-corrected chi connectivity index (χ2v) is 6.66. The Kier molecular flexibility index (Phi) is 5.22. The lowest BCUT2D eigenvalue weighted by atomic mass is 9.97. The van der Waals surface area contributed by atoms with Crippen LogP contribution in [0, 0.1) is 0 Å². The van der Waals surface area contributed by atoms with Crippen molar-refractivity contribution in [3.63, 3.8) is 0 Å². The minimum absolute atomic E-state index is 0.559. The van der Waals surface area contributed by atoms with Crippen molar-refractivity contribution in [2.45, 2.75) is 25.0 Å². The lowest BCUT2D eigenvalue weighted by Crippen LogP contribution is -2.43. The second-order valence-electron chi connectivity index (χ2n) is 4.65. The van der Waals surface area contributed by atoms with E-state index in [0.29, 0.717) is 23.1 Å². The van der Waals surface area contributed by atoms with E-state index in [1.165, 1.54) is 0 Å². The summed E-state index contributed by atoms with van der Waals surface area (Å²) in [5.74, 6) is 2.08. The van der Waals surface area contributed by atoms with E-state index in [0.717, 1.165) is 29.9 Å². The maximum absolute atomic E-state index is 10.3. The number of halogens is 2. The highest BCUT2D eigenvalue weighted by atomic mass is 35.5. The number of thioether (sulfide) groups is 1. The third-order valence-electron chi connectivity index (χ3n) is 3.22. The lowest BCUT2D eigenvalue weighted by Gasteiger charge is -2.32. The zero-order valence-electron chi connectivity index (χ0n) is 10.1. The molecule has 0 aromatic heterocycles. The van der Waals surface area contributed by atoms with Gasteiger partial charge in [0, 0.05) is 13.1 Å². The normalized spacial score (nSPS) is 18.8. The molecule has 1 heterocycles. The van der Waals surface area contributed by atoms with Gasteiger partial charge in [-0.05, 0) is 36.0 Å². The van der Waals surface area contributed by atoms with Crippen LogP contribution in [0.3, 0.4) is 0 Å². The van der Waals surface area contributed by atoms with Gasteiger partial charge in [-0.3, -0.25) is 0 Å². The zero-order chi connectivity index (χ0) is 13.0. The molecule has 1 saturated heterocycles. The van der Waals surface area contributed by atoms with Crippen molar-refractivity contribution in [3.05, 3.63) is 33.8 Å². The van der Waals surface area contributed by atoms with Crippen LogP contribution in [0.15, 0.2) is 18.2 Å². The fourth-order valence-corrected chi connectivity index (χ4v) is 3.68. The molecule has 0 atom stereocenters. The summed E-state index contributed by atoms with van der Waals surface area (Å²) in [4.78, 5) is 0. The van der Waals surface area contributed by atoms with E-state index in [4.69, 9.17) is 23.2 Å². The molecule has 0 saturated carbocycles. The predicted octanol–water partition coefficient (Wildman–Crippen LogP) is 3.34. The predicted molar refractivity (Wildman–Crippen MR) is 79.7 cm³/mol. The molecule has 1 aliphatic heterocycles. The molecule has 1 aliphatic rings. The number of aliphatic hydroxyl groups is 1. The van der Waals surface area contributed by atoms with Crippen LogP contribution >= 0.6 is 35.0 Å². The molecule has 1 fully saturated rings. The van der Waals surface area contributed by atoms with Gasteiger partial charge in [-0.1, -0.05) is 35.3 Å². The standard InChI is InChI=1S/C13H17Cl2NOS/c14-11-3-1-2-10(12(11)15)8-16-9-13(17)4-6-18-7-5-13/h1-3,16-17H,4-9H2. The topological polar surface area (TPSA) is 32.3 Å². The van der Waals surface area contributed by atoms with Gasteiger partial charge in [0.2, 0.25) is 0 Å². The molecule has 0 spiro atoms. The number of benzene rings is 1. The average molecular weight is 306 g/mol. The SMILES string of the molecule is OC1(CNCc2cccc(Cl)c2Cl)CCSCC1. The maximum atomic E-state index is 10.3. The van der Waals surface area contributed by atoms with Crippen LogP contribution in [0.5, 0.6) is 0 Å². The fourth-order valence-electron chi connectivity index (χ4n) is 2.04. The summed E-state index contributed by atoms with van der Waals surface area (Å²) in [6.45, 7) is 1.24. The Balaban J connectivity index is 1.86. The van der Waals surface area contributed by atoms with E-state index in [2.05, 4.69) is 5.32 Å². The maximum Gasteiger partial charge on any atom is 0.0787 e. The molecule has 1 aromatic carbocycles. The monoisotopic (exact) mass is 305 g/mol. The summed E-state index contributed by atoms with van der Waals surface area (Å²) >= 11 is 14.0. The quantitative estimate of drug-likeness (QED) is 0.895. The second kappa shape index (κ2) is 6.49. The highest BCUT2D eigenvalue weighted by Crippen LogP contribution is 2.27. The number of hydrogen-bond donors (Lipinski definition) is 2. The van der Waals surface area contributed by atoms with Crippen LogP contribution in [-0.2, 0) is 6.54 Å². The molecule has 0 aliphatic carbocycles. The lowest BCUT2D eigenvalue weighted by molar-refractivity contribution is 0.0320. The van der Waals surface area contributed by atoms with Gasteiger partial charge >= 0.3 is 0 Å². The first-order valence-corrected chi connectivity index (χ1v) is 7.95. The molecule has 0 bridgehead atoms. The third kappa shape index (κ3) is 3.78. The zero-order valence-corrected chi connectivity index (χ0v) is 12.4. The van der Waals surface area contributed by atoms with Gasteiger partial charge in [0.1, 0.15) is 0 Å². The first-order valence-electron chi connectivity index (χ1n) is 6.04. The number of nitrogens with one attached hydrogen (secondary N) is 1. The highest BCUT2D eigenvalue weighted by molar-refractivity contribution is 7.99. The Morgan fingerprint density at radius 3 is 2.72 bits per heavy atom. The van der Waals surface area contributed by atoms with E-state index in [1.54, 1.807) is 6.07 Å². The first-order chi connectivity index (χ1) is 8.61. The Morgan fingerprint density at radius 1 is 1.28 bits per heavy atom. The van der Waals surface area contributed by atoms with Crippen molar-refractivity contribution in [1.29, 1.82) is 0 Å². The van der Waals surface area contributed by atoms with Gasteiger partial charge in [0.25, 0.3) is 0 Å². The summed E-state index contributed by atoms with van der Waals surface area (Å²) in [7, 11) is 0. The smallest absolute Gasteiger partial charge is 0.0787 e. The van der Waals surface area contributed by atoms with E-state index in [1.807, 2.05) is 23.9 Å². The minimum atomic E-state index is -0.559. The van der Waals surface area contributed by atoms with E-state index in [9.17, 15) is 5.11 Å². The summed E-state index contributed by atoms with van der Waals surface area (Å²) in [5, 5.41) is 14.8. The summed E-state index contributed by atoms with van der Waals surface area (Å²) in [5.41, 5.74) is 0.411. The van der Waals surface area contributed by atoms with Crippen molar-refractivity contribution in [3.8, 4) is 0 Å². The van der Waals surface area contributed by atoms with Crippen molar-refractivity contribution in [1.82, 2.24) is 5.32 Å². The van der Waals surface area contributed by atoms with Gasteiger partial charge in [-0.25, -0.2) is 0 Å². The van der Waals surface area contributed by atoms with Crippen molar-refractivity contribution >= 4 is 35.0 Å². The summed E-state index contributed by atoms with van der Waals surface area (Å²) < 4.78 is 0. The van der Waals surface area contributed by atoms with E-state index in [-0.39, 0.29) is 0 Å². The van der Waals surface area contributed by atoms with Crippen LogP contribution in [0.1, 0.15) is 18.4 Å². The molecular formula is C13H17Cl2NOS. The Bertz CT molecular complexity index is 408. The molecule has 2 nitrogen and oxygen atoms in total. The van der Waals surface area contributed by atoms with Crippen molar-refractivity contribution in [2.75, 3.05) is 18.1 Å². The minimum Gasteiger partial charge on any atom is -0.389 e. The molecule has 0 radical (unpaired) electrons. The van der Waals surface area contributed by atoms with Crippen molar-refractivity contribution < 1.29 is 5.11 Å². The number of rotatable bonds is 4. The Hall–Kier alpha value is 0.0700. The Morgan fingerprint density at radius 2 is 2.00 bits per heavy atom. The van der Waals surface area contributed by atoms with Gasteiger partial charge < -0.3 is 10.4 Å². The molecule has 2 rings (SSSR count). The van der Waals surface area contributed by atoms with Crippen molar-refractivity contribution in [2.24, 2.45) is 0 Å². The van der Waals surface area contributed by atoms with E-state index >= 15 is 0 Å². The first kappa shape index (κ1) is 14.5. The number of hydrogen-bond acceptors (Lipinski definition) is 3. The molecule has 0 amide bonds. The molecule has 18 heavy (non-hydrogen) atoms. The largest absolute Gasteiger partial charge is 0.389 e. The van der Waals surface area contributed by atoms with Crippen LogP contribution in [0.25, 0.3) is 0 Å². The molecule has 1 aromatic rings. The fraction of sp³-hybridized carbons (Fsp3) is 0.538. The van der Waals surface area contributed by atoms with Crippen LogP contribution in [0.2, 0.25) is 10.0 Å². The van der Waals surface area contributed by atoms with Gasteiger partial charge in [0.15, 0.2) is 0 Å². The molecule has 0 unspecified atom stereocenters. The molecular weight excluding hydrogens is 289 g/mol. The summed E-state index contributed by atoms with van der Waals surface area (Å²) in [6, 6.07) is 5.61. The van der Waals surface area contributed by atoms with Crippen LogP contribution in [0.4, 0.5) is 0 Å². The highest BCUT2D eigenvalue weighted by Gasteiger charge is 2.28. The molecule has 5 heteroatoms. The molecule has 100 valence electrons. The van der Waals surface area contributed by atoms with Gasteiger partial charge in [-0.2, -0.15) is 11.8 Å². The van der Waals surface area contributed by atoms with E-state index < -0.39 is 5.60 Å². The van der Waals surface area contributed by atoms with Crippen LogP contribution < -0.4 is 5.32 Å². The van der Waals surface area contributed by atoms with Gasteiger partial charge in [0.05, 0.1) is 15.6 Å². The average Bonchev–Trinajstić information content (AvgIpc) is 2.35. The van der Waals surface area contributed by atoms with Gasteiger partial charge in [-0.15, -0.1) is 0 Å². The summed E-state index contributed by atoms with van der Waals surface area (Å²) in [6.07, 6.45) is 1.71. The third-order valence-corrected chi connectivity index (χ3v) is 5.07. The molecule has 2 N–H and O–H groups in total. The van der Waals surface area contributed by atoms with Crippen LogP contribution in [-0.4, -0.2) is 28.8 Å². The Labute approximate surface area is 122 Å².